The molecule has 0 fully saturated rings. The molecule has 1 aromatic rings. The number of hydrogen-bond donors (Lipinski definition) is 2. The lowest BCUT2D eigenvalue weighted by Crippen LogP contribution is -2.22. The lowest BCUT2D eigenvalue weighted by molar-refractivity contribution is -0.110. The molecule has 1 rings (SSSR count). The Balaban J connectivity index is 2.72. The first-order valence-corrected chi connectivity index (χ1v) is 3.74. The summed E-state index contributed by atoms with van der Waals surface area (Å²) < 4.78 is 0. The van der Waals surface area contributed by atoms with Crippen LogP contribution in [0.25, 0.3) is 0 Å². The lowest BCUT2D eigenvalue weighted by atomic mass is 10.1. The molecule has 1 atom stereocenters. The number of benzene rings is 1. The van der Waals surface area contributed by atoms with Gasteiger partial charge in [-0.15, -0.1) is 0 Å². The van der Waals surface area contributed by atoms with E-state index in [0.717, 1.165) is 5.56 Å². The minimum absolute atomic E-state index is 0.0806. The van der Waals surface area contributed by atoms with Crippen molar-refractivity contribution in [2.24, 2.45) is 0 Å². The van der Waals surface area contributed by atoms with Crippen LogP contribution in [0, 0.1) is 0 Å². The van der Waals surface area contributed by atoms with E-state index in [4.69, 9.17) is 5.11 Å². The van der Waals surface area contributed by atoms with Crippen LogP contribution in [-0.4, -0.2) is 18.1 Å². The Labute approximate surface area is 71.0 Å². The third-order valence-electron chi connectivity index (χ3n) is 1.65. The van der Waals surface area contributed by atoms with Crippen LogP contribution in [0.2, 0.25) is 0 Å². The summed E-state index contributed by atoms with van der Waals surface area (Å²) in [5.41, 5.74) is 0.909. The molecule has 0 aliphatic carbocycles. The molecule has 0 aliphatic rings. The number of nitrogens with one attached hydrogen (secondary N) is 1. The van der Waals surface area contributed by atoms with Crippen LogP contribution in [-0.2, 0) is 4.79 Å². The van der Waals surface area contributed by atoms with Crippen LogP contribution in [0.1, 0.15) is 11.6 Å². The summed E-state index contributed by atoms with van der Waals surface area (Å²) in [6.07, 6.45) is 0.591. The molecule has 2 N–H and O–H groups in total. The van der Waals surface area contributed by atoms with Crippen molar-refractivity contribution >= 4 is 6.41 Å². The molecule has 3 nitrogen and oxygen atoms in total. The van der Waals surface area contributed by atoms with Crippen molar-refractivity contribution in [1.29, 1.82) is 0 Å². The topological polar surface area (TPSA) is 49.3 Å². The van der Waals surface area contributed by atoms with E-state index in [1.807, 2.05) is 30.3 Å². The third-order valence-corrected chi connectivity index (χ3v) is 1.65. The molecule has 64 valence electrons. The van der Waals surface area contributed by atoms with Crippen molar-refractivity contribution in [1.82, 2.24) is 5.32 Å². The van der Waals surface area contributed by atoms with E-state index in [1.165, 1.54) is 0 Å². The van der Waals surface area contributed by atoms with Gasteiger partial charge in [-0.3, -0.25) is 4.79 Å². The highest BCUT2D eigenvalue weighted by Gasteiger charge is 2.06. The molecule has 0 unspecified atom stereocenters. The van der Waals surface area contributed by atoms with E-state index in [1.54, 1.807) is 0 Å². The van der Waals surface area contributed by atoms with Gasteiger partial charge in [0.15, 0.2) is 0 Å². The van der Waals surface area contributed by atoms with Gasteiger partial charge in [-0.2, -0.15) is 0 Å². The van der Waals surface area contributed by atoms with E-state index in [2.05, 4.69) is 5.32 Å². The number of carbonyl (C=O) groups excluding carboxylic acids is 1. The Hall–Kier alpha value is -1.35. The lowest BCUT2D eigenvalue weighted by Gasteiger charge is -2.12. The standard InChI is InChI=1S/C9H11NO2/c11-6-9(10-7-12)8-4-2-1-3-5-8/h1-5,7,9,11H,6H2,(H,10,12)/t9-/m1/s1. The van der Waals surface area contributed by atoms with Gasteiger partial charge in [0.05, 0.1) is 12.6 Å². The maximum absolute atomic E-state index is 10.1. The van der Waals surface area contributed by atoms with Crippen molar-refractivity contribution < 1.29 is 9.90 Å². The van der Waals surface area contributed by atoms with Gasteiger partial charge in [-0.1, -0.05) is 30.3 Å². The predicted molar refractivity (Wildman–Crippen MR) is 45.5 cm³/mol. The van der Waals surface area contributed by atoms with Crippen LogP contribution >= 0.6 is 0 Å². The summed E-state index contributed by atoms with van der Waals surface area (Å²) >= 11 is 0. The van der Waals surface area contributed by atoms with Gasteiger partial charge in [-0.05, 0) is 5.56 Å². The maximum atomic E-state index is 10.1. The molecule has 0 heterocycles. The largest absolute Gasteiger partial charge is 0.394 e. The molecule has 0 aliphatic heterocycles. The van der Waals surface area contributed by atoms with E-state index in [9.17, 15) is 4.79 Å². The summed E-state index contributed by atoms with van der Waals surface area (Å²) in [6, 6.07) is 9.05. The van der Waals surface area contributed by atoms with E-state index >= 15 is 0 Å². The summed E-state index contributed by atoms with van der Waals surface area (Å²) in [7, 11) is 0. The molecule has 0 saturated heterocycles. The number of carbonyl (C=O) groups is 1. The number of amides is 1. The van der Waals surface area contributed by atoms with Crippen LogP contribution in [0.4, 0.5) is 0 Å². The van der Waals surface area contributed by atoms with E-state index in [-0.39, 0.29) is 12.6 Å². The molecule has 3 heteroatoms. The highest BCUT2D eigenvalue weighted by molar-refractivity contribution is 5.47. The Morgan fingerprint density at radius 2 is 2.08 bits per heavy atom. The molecule has 0 aromatic heterocycles. The Morgan fingerprint density at radius 1 is 1.42 bits per heavy atom. The minimum atomic E-state index is -0.288. The van der Waals surface area contributed by atoms with Crippen molar-refractivity contribution in [2.45, 2.75) is 6.04 Å². The second-order valence-corrected chi connectivity index (χ2v) is 2.43. The van der Waals surface area contributed by atoms with Crippen molar-refractivity contribution in [2.75, 3.05) is 6.61 Å². The Kier molecular flexibility index (Phi) is 3.29. The van der Waals surface area contributed by atoms with Gasteiger partial charge in [0.2, 0.25) is 6.41 Å². The average molecular weight is 165 g/mol. The minimum Gasteiger partial charge on any atom is -0.394 e. The highest BCUT2D eigenvalue weighted by atomic mass is 16.3. The fourth-order valence-electron chi connectivity index (χ4n) is 1.02. The summed E-state index contributed by atoms with van der Waals surface area (Å²) in [4.78, 5) is 10.1. The first kappa shape index (κ1) is 8.74. The molecule has 0 saturated carbocycles. The quantitative estimate of drug-likeness (QED) is 0.637. The van der Waals surface area contributed by atoms with E-state index in [0.29, 0.717) is 6.41 Å². The molecule has 1 aromatic carbocycles. The molecular formula is C9H11NO2. The first-order chi connectivity index (χ1) is 5.88. The molecule has 12 heavy (non-hydrogen) atoms. The van der Waals surface area contributed by atoms with Crippen LogP contribution in [0.15, 0.2) is 30.3 Å². The Morgan fingerprint density at radius 3 is 2.58 bits per heavy atom. The summed E-state index contributed by atoms with van der Waals surface area (Å²) in [5, 5.41) is 11.4. The molecule has 0 spiro atoms. The van der Waals surface area contributed by atoms with Crippen LogP contribution in [0.3, 0.4) is 0 Å². The van der Waals surface area contributed by atoms with Gasteiger partial charge in [0.25, 0.3) is 0 Å². The summed E-state index contributed by atoms with van der Waals surface area (Å²) in [6.45, 7) is -0.0806. The molecular weight excluding hydrogens is 154 g/mol. The number of rotatable bonds is 4. The SMILES string of the molecule is O=CN[C@H](CO)c1ccccc1. The van der Waals surface area contributed by atoms with Gasteiger partial charge >= 0.3 is 0 Å². The number of aliphatic hydroxyl groups excluding tert-OH is 1. The zero-order valence-electron chi connectivity index (χ0n) is 6.60. The van der Waals surface area contributed by atoms with Crippen LogP contribution < -0.4 is 5.32 Å². The van der Waals surface area contributed by atoms with Crippen molar-refractivity contribution in [3.8, 4) is 0 Å². The van der Waals surface area contributed by atoms with Crippen molar-refractivity contribution in [3.63, 3.8) is 0 Å². The number of aliphatic hydroxyl groups is 1. The zero-order valence-corrected chi connectivity index (χ0v) is 6.60. The smallest absolute Gasteiger partial charge is 0.207 e. The van der Waals surface area contributed by atoms with Crippen molar-refractivity contribution in [3.05, 3.63) is 35.9 Å². The first-order valence-electron chi connectivity index (χ1n) is 3.74. The Bertz CT molecular complexity index is 236. The van der Waals surface area contributed by atoms with Gasteiger partial charge in [0, 0.05) is 0 Å². The van der Waals surface area contributed by atoms with E-state index < -0.39 is 0 Å². The average Bonchev–Trinajstić information content (AvgIpc) is 2.15. The molecule has 1 amide bonds. The fourth-order valence-corrected chi connectivity index (χ4v) is 1.02. The number of hydrogen-bond acceptors (Lipinski definition) is 2. The van der Waals surface area contributed by atoms with Gasteiger partial charge in [-0.25, -0.2) is 0 Å². The maximum Gasteiger partial charge on any atom is 0.207 e. The fraction of sp³-hybridized carbons (Fsp3) is 0.222. The van der Waals surface area contributed by atoms with Crippen LogP contribution in [0.5, 0.6) is 0 Å². The second kappa shape index (κ2) is 4.51. The molecule has 0 radical (unpaired) electrons. The zero-order chi connectivity index (χ0) is 8.81. The monoisotopic (exact) mass is 165 g/mol. The highest BCUT2D eigenvalue weighted by Crippen LogP contribution is 2.09. The van der Waals surface area contributed by atoms with Gasteiger partial charge < -0.3 is 10.4 Å². The normalized spacial score (nSPS) is 12.1. The summed E-state index contributed by atoms with van der Waals surface area (Å²) in [5.74, 6) is 0. The molecule has 0 bridgehead atoms. The predicted octanol–water partition coefficient (Wildman–Crippen LogP) is 0.466. The third kappa shape index (κ3) is 2.07. The second-order valence-electron chi connectivity index (χ2n) is 2.43. The van der Waals surface area contributed by atoms with Gasteiger partial charge in [0.1, 0.15) is 0 Å².